The monoisotopic (exact) mass is 517 g/mol. The van der Waals surface area contributed by atoms with Crippen LogP contribution in [0.3, 0.4) is 0 Å². The van der Waals surface area contributed by atoms with E-state index < -0.39 is 12.0 Å². The summed E-state index contributed by atoms with van der Waals surface area (Å²) in [5, 5.41) is 3.52. The number of aromatic nitrogens is 1. The highest BCUT2D eigenvalue weighted by Crippen LogP contribution is 2.41. The predicted octanol–water partition coefficient (Wildman–Crippen LogP) is 5.45. The predicted molar refractivity (Wildman–Crippen MR) is 144 cm³/mol. The van der Waals surface area contributed by atoms with E-state index in [1.165, 1.54) is 11.3 Å². The fraction of sp³-hybridized carbons (Fsp3) is 0.250. The summed E-state index contributed by atoms with van der Waals surface area (Å²) in [7, 11) is 4.81. The summed E-state index contributed by atoms with van der Waals surface area (Å²) in [5.41, 5.74) is 2.31. The number of thiazole rings is 1. The fourth-order valence-electron chi connectivity index (χ4n) is 4.68. The number of ether oxygens (including phenoxy) is 3. The number of anilines is 2. The van der Waals surface area contributed by atoms with E-state index in [1.807, 2.05) is 66.7 Å². The molecule has 1 aromatic heterocycles. The highest BCUT2D eigenvalue weighted by Gasteiger charge is 2.41. The van der Waals surface area contributed by atoms with Crippen molar-refractivity contribution in [1.29, 1.82) is 0 Å². The summed E-state index contributed by atoms with van der Waals surface area (Å²) in [5.74, 6) is 1.38. The molecule has 0 bridgehead atoms. The van der Waals surface area contributed by atoms with Gasteiger partial charge in [-0.2, -0.15) is 0 Å². The minimum absolute atomic E-state index is 0.0397. The van der Waals surface area contributed by atoms with Crippen molar-refractivity contribution in [3.8, 4) is 17.2 Å². The Morgan fingerprint density at radius 2 is 1.54 bits per heavy atom. The summed E-state index contributed by atoms with van der Waals surface area (Å²) in [6.07, 6.45) is 0.681. The molecule has 0 aliphatic carbocycles. The number of piperidine rings is 1. The van der Waals surface area contributed by atoms with Gasteiger partial charge >= 0.3 is 0 Å². The zero-order valence-corrected chi connectivity index (χ0v) is 21.6. The number of methoxy groups -OCH3 is 3. The number of rotatable bonds is 7. The van der Waals surface area contributed by atoms with Crippen molar-refractivity contribution < 1.29 is 23.8 Å². The van der Waals surface area contributed by atoms with E-state index in [0.717, 1.165) is 15.8 Å². The van der Waals surface area contributed by atoms with Crippen molar-refractivity contribution in [2.45, 2.75) is 18.9 Å². The summed E-state index contributed by atoms with van der Waals surface area (Å²) in [6, 6.07) is 19.9. The van der Waals surface area contributed by atoms with Gasteiger partial charge in [0.05, 0.1) is 43.5 Å². The van der Waals surface area contributed by atoms with Crippen LogP contribution in [-0.2, 0) is 9.59 Å². The Morgan fingerprint density at radius 3 is 2.19 bits per heavy atom. The number of fused-ring (bicyclic) bond motifs is 1. The lowest BCUT2D eigenvalue weighted by atomic mass is 9.83. The van der Waals surface area contributed by atoms with Crippen LogP contribution < -0.4 is 24.4 Å². The molecular formula is C28H27N3O5S. The average molecular weight is 518 g/mol. The summed E-state index contributed by atoms with van der Waals surface area (Å²) in [6.45, 7) is 0. The Bertz CT molecular complexity index is 1420. The zero-order valence-electron chi connectivity index (χ0n) is 20.8. The van der Waals surface area contributed by atoms with E-state index in [9.17, 15) is 9.59 Å². The quantitative estimate of drug-likeness (QED) is 0.351. The minimum Gasteiger partial charge on any atom is -0.497 e. The lowest BCUT2D eigenvalue weighted by Crippen LogP contribution is -2.46. The molecule has 3 aromatic carbocycles. The number of hydrogen-bond donors (Lipinski definition) is 1. The maximum Gasteiger partial charge on any atom is 0.231 e. The van der Waals surface area contributed by atoms with Crippen LogP contribution in [0.15, 0.2) is 66.7 Å². The zero-order chi connectivity index (χ0) is 25.9. The molecule has 1 saturated heterocycles. The van der Waals surface area contributed by atoms with Gasteiger partial charge in [0.1, 0.15) is 17.2 Å². The number of amides is 2. The van der Waals surface area contributed by atoms with Gasteiger partial charge in [-0.05, 0) is 60.5 Å². The molecule has 0 radical (unpaired) electrons. The molecule has 0 spiro atoms. The number of benzene rings is 3. The van der Waals surface area contributed by atoms with Crippen molar-refractivity contribution in [1.82, 2.24) is 4.98 Å². The second-order valence-electron chi connectivity index (χ2n) is 8.67. The van der Waals surface area contributed by atoms with Crippen LogP contribution in [0, 0.1) is 5.92 Å². The Morgan fingerprint density at radius 1 is 0.919 bits per heavy atom. The van der Waals surface area contributed by atoms with Gasteiger partial charge in [0.2, 0.25) is 11.8 Å². The standard InChI is InChI=1S/C28H27N3O5S/c1-34-19-8-4-17(5-9-19)26-22(13-15-25(32)31(26)18-6-10-20(35-2)11-7-18)27(33)30-28-29-23-16-21(36-3)12-14-24(23)37-28/h4-12,14,16,22,26H,13,15H2,1-3H3,(H,29,30,33)/t22-,26-/m0/s1. The molecule has 190 valence electrons. The van der Waals surface area contributed by atoms with Crippen molar-refractivity contribution in [2.24, 2.45) is 5.92 Å². The topological polar surface area (TPSA) is 90.0 Å². The first kappa shape index (κ1) is 24.6. The molecule has 2 amide bonds. The lowest BCUT2D eigenvalue weighted by molar-refractivity contribution is -0.125. The van der Waals surface area contributed by atoms with Gasteiger partial charge in [-0.3, -0.25) is 9.59 Å². The van der Waals surface area contributed by atoms with Crippen LogP contribution in [-0.4, -0.2) is 38.1 Å². The molecule has 1 aliphatic heterocycles. The molecule has 9 heteroatoms. The summed E-state index contributed by atoms with van der Waals surface area (Å²) < 4.78 is 16.8. The van der Waals surface area contributed by atoms with Gasteiger partial charge in [0, 0.05) is 18.2 Å². The second kappa shape index (κ2) is 10.5. The van der Waals surface area contributed by atoms with E-state index in [1.54, 1.807) is 26.2 Å². The second-order valence-corrected chi connectivity index (χ2v) is 9.70. The smallest absolute Gasteiger partial charge is 0.231 e. The molecule has 2 atom stereocenters. The Hall–Kier alpha value is -4.11. The van der Waals surface area contributed by atoms with E-state index in [0.29, 0.717) is 34.5 Å². The van der Waals surface area contributed by atoms with Gasteiger partial charge in [-0.15, -0.1) is 0 Å². The average Bonchev–Trinajstić information content (AvgIpc) is 3.34. The third-order valence-corrected chi connectivity index (χ3v) is 7.52. The lowest BCUT2D eigenvalue weighted by Gasteiger charge is -2.40. The molecule has 0 saturated carbocycles. The number of hydrogen-bond acceptors (Lipinski definition) is 7. The van der Waals surface area contributed by atoms with Gasteiger partial charge in [-0.25, -0.2) is 4.98 Å². The van der Waals surface area contributed by atoms with Crippen LogP contribution in [0.1, 0.15) is 24.4 Å². The third-order valence-electron chi connectivity index (χ3n) is 6.57. The Kier molecular flexibility index (Phi) is 6.96. The van der Waals surface area contributed by atoms with E-state index >= 15 is 0 Å². The normalized spacial score (nSPS) is 17.5. The fourth-order valence-corrected chi connectivity index (χ4v) is 5.53. The molecule has 37 heavy (non-hydrogen) atoms. The molecule has 4 aromatic rings. The Balaban J connectivity index is 1.50. The first-order chi connectivity index (χ1) is 18.0. The molecular weight excluding hydrogens is 490 g/mol. The van der Waals surface area contributed by atoms with Crippen molar-refractivity contribution in [3.63, 3.8) is 0 Å². The van der Waals surface area contributed by atoms with E-state index in [2.05, 4.69) is 10.3 Å². The van der Waals surface area contributed by atoms with Crippen LogP contribution in [0.5, 0.6) is 17.2 Å². The molecule has 1 aliphatic rings. The summed E-state index contributed by atoms with van der Waals surface area (Å²) >= 11 is 1.40. The number of carbonyl (C=O) groups is 2. The largest absolute Gasteiger partial charge is 0.497 e. The van der Waals surface area contributed by atoms with Gasteiger partial charge in [-0.1, -0.05) is 23.5 Å². The first-order valence-corrected chi connectivity index (χ1v) is 12.7. The molecule has 1 N–H and O–H groups in total. The highest BCUT2D eigenvalue weighted by molar-refractivity contribution is 7.22. The molecule has 2 heterocycles. The van der Waals surface area contributed by atoms with Gasteiger partial charge < -0.3 is 24.4 Å². The highest BCUT2D eigenvalue weighted by atomic mass is 32.1. The van der Waals surface area contributed by atoms with Gasteiger partial charge in [0.15, 0.2) is 5.13 Å². The van der Waals surface area contributed by atoms with E-state index in [-0.39, 0.29) is 18.2 Å². The van der Waals surface area contributed by atoms with Crippen LogP contribution >= 0.6 is 11.3 Å². The van der Waals surface area contributed by atoms with Crippen LogP contribution in [0.4, 0.5) is 10.8 Å². The van der Waals surface area contributed by atoms with Crippen molar-refractivity contribution in [2.75, 3.05) is 31.5 Å². The number of carbonyl (C=O) groups excluding carboxylic acids is 2. The van der Waals surface area contributed by atoms with Crippen LogP contribution in [0.25, 0.3) is 10.2 Å². The number of nitrogens with one attached hydrogen (secondary N) is 1. The maximum absolute atomic E-state index is 13.7. The number of nitrogens with zero attached hydrogens (tertiary/aromatic N) is 2. The van der Waals surface area contributed by atoms with Crippen molar-refractivity contribution in [3.05, 3.63) is 72.3 Å². The first-order valence-electron chi connectivity index (χ1n) is 11.9. The minimum atomic E-state index is -0.505. The SMILES string of the molecule is COc1ccc([C@H]2[C@@H](C(=O)Nc3nc4cc(OC)ccc4s3)CCC(=O)N2c2ccc(OC)cc2)cc1. The van der Waals surface area contributed by atoms with Crippen LogP contribution in [0.2, 0.25) is 0 Å². The third kappa shape index (κ3) is 4.95. The molecule has 8 nitrogen and oxygen atoms in total. The Labute approximate surface area is 218 Å². The summed E-state index contributed by atoms with van der Waals surface area (Å²) in [4.78, 5) is 33.3. The molecule has 5 rings (SSSR count). The van der Waals surface area contributed by atoms with E-state index in [4.69, 9.17) is 14.2 Å². The molecule has 0 unspecified atom stereocenters. The van der Waals surface area contributed by atoms with Gasteiger partial charge in [0.25, 0.3) is 0 Å². The maximum atomic E-state index is 13.7. The molecule has 1 fully saturated rings. The van der Waals surface area contributed by atoms with Crippen molar-refractivity contribution >= 4 is 44.2 Å².